The highest BCUT2D eigenvalue weighted by Crippen LogP contribution is 2.12. The van der Waals surface area contributed by atoms with Crippen molar-refractivity contribution in [1.29, 1.82) is 0 Å². The molecule has 0 rings (SSSR count). The molecule has 0 amide bonds. The van der Waals surface area contributed by atoms with E-state index in [-0.39, 0.29) is 0 Å². The molecule has 14 heavy (non-hydrogen) atoms. The Bertz CT molecular complexity index is 129. The molecule has 0 N–H and O–H groups in total. The van der Waals surface area contributed by atoms with Crippen LogP contribution in [0.3, 0.4) is 0 Å². The largest absolute Gasteiger partial charge is 0.0928 e. The van der Waals surface area contributed by atoms with Crippen LogP contribution in [0.1, 0.15) is 58.8 Å². The van der Waals surface area contributed by atoms with E-state index in [0.29, 0.717) is 0 Å². The van der Waals surface area contributed by atoms with Gasteiger partial charge in [-0.3, -0.25) is 0 Å². The first-order valence-corrected chi connectivity index (χ1v) is 7.14. The zero-order valence-corrected chi connectivity index (χ0v) is 11.4. The van der Waals surface area contributed by atoms with Crippen LogP contribution in [0.25, 0.3) is 0 Å². The van der Waals surface area contributed by atoms with Crippen molar-refractivity contribution in [3.8, 4) is 0 Å². The lowest BCUT2D eigenvalue weighted by molar-refractivity contribution is 0.486. The first-order valence-electron chi connectivity index (χ1n) is 6.02. The minimum absolute atomic E-state index is 0.923. The third-order valence-corrected chi connectivity index (χ3v) is 3.25. The maximum atomic E-state index is 3.43. The minimum Gasteiger partial charge on any atom is -0.0928 e. The van der Waals surface area contributed by atoms with E-state index in [9.17, 15) is 0 Å². The molecule has 0 aliphatic carbocycles. The normalized spacial score (nSPS) is 13.6. The zero-order valence-electron chi connectivity index (χ0n) is 9.77. The molecule has 0 fully saturated rings. The van der Waals surface area contributed by atoms with Crippen LogP contribution in [0.2, 0.25) is 0 Å². The lowest BCUT2D eigenvalue weighted by Crippen LogP contribution is -1.90. The molecule has 1 atom stereocenters. The molecule has 0 nitrogen and oxygen atoms in total. The third-order valence-electron chi connectivity index (χ3n) is 2.69. The zero-order chi connectivity index (χ0) is 10.6. The average molecular weight is 261 g/mol. The Hall–Kier alpha value is 0.220. The average Bonchev–Trinajstić information content (AvgIpc) is 2.21. The van der Waals surface area contributed by atoms with Crippen molar-refractivity contribution in [2.75, 3.05) is 5.33 Å². The predicted octanol–water partition coefficient (Wildman–Crippen LogP) is 5.32. The second kappa shape index (κ2) is 11.3. The summed E-state index contributed by atoms with van der Waals surface area (Å²) in [5.74, 6) is 0.923. The number of alkyl halides is 1. The summed E-state index contributed by atoms with van der Waals surface area (Å²) in [6, 6.07) is 0. The monoisotopic (exact) mass is 260 g/mol. The fourth-order valence-electron chi connectivity index (χ4n) is 1.39. The summed E-state index contributed by atoms with van der Waals surface area (Å²) in [6.07, 6.45) is 14.0. The van der Waals surface area contributed by atoms with Crippen LogP contribution in [0.15, 0.2) is 12.2 Å². The highest BCUT2D eigenvalue weighted by molar-refractivity contribution is 9.09. The summed E-state index contributed by atoms with van der Waals surface area (Å²) in [5.41, 5.74) is 0. The van der Waals surface area contributed by atoms with E-state index in [1.807, 2.05) is 0 Å². The molecule has 0 spiro atoms. The van der Waals surface area contributed by atoms with Crippen molar-refractivity contribution in [2.24, 2.45) is 5.92 Å². The van der Waals surface area contributed by atoms with Crippen LogP contribution in [0.4, 0.5) is 0 Å². The number of hydrogen-bond acceptors (Lipinski definition) is 0. The van der Waals surface area contributed by atoms with Gasteiger partial charge < -0.3 is 0 Å². The van der Waals surface area contributed by atoms with E-state index >= 15 is 0 Å². The lowest BCUT2D eigenvalue weighted by Gasteiger charge is -2.05. The number of allylic oxidation sites excluding steroid dienone is 2. The van der Waals surface area contributed by atoms with E-state index in [1.54, 1.807) is 0 Å². The summed E-state index contributed by atoms with van der Waals surface area (Å²) in [6.45, 7) is 4.64. The molecule has 1 heteroatoms. The first-order chi connectivity index (χ1) is 6.81. The number of rotatable bonds is 9. The summed E-state index contributed by atoms with van der Waals surface area (Å²) in [5, 5.41) is 1.13. The Kier molecular flexibility index (Phi) is 11.5. The number of hydrogen-bond donors (Lipinski definition) is 0. The predicted molar refractivity (Wildman–Crippen MR) is 70.1 cm³/mol. The summed E-state index contributed by atoms with van der Waals surface area (Å²) in [7, 11) is 0. The number of halogens is 1. The van der Waals surface area contributed by atoms with Gasteiger partial charge in [0.2, 0.25) is 0 Å². The molecule has 0 aliphatic heterocycles. The Morgan fingerprint density at radius 3 is 2.29 bits per heavy atom. The molecule has 0 aromatic heterocycles. The molecule has 0 saturated carbocycles. The van der Waals surface area contributed by atoms with Crippen molar-refractivity contribution >= 4 is 15.9 Å². The van der Waals surface area contributed by atoms with Crippen molar-refractivity contribution in [1.82, 2.24) is 0 Å². The van der Waals surface area contributed by atoms with Crippen LogP contribution < -0.4 is 0 Å². The molecule has 0 heterocycles. The van der Waals surface area contributed by atoms with Crippen LogP contribution in [0.5, 0.6) is 0 Å². The molecule has 0 aromatic carbocycles. The maximum absolute atomic E-state index is 3.43. The molecule has 0 aromatic rings. The summed E-state index contributed by atoms with van der Waals surface area (Å²) < 4.78 is 0. The Labute approximate surface area is 98.3 Å². The Morgan fingerprint density at radius 2 is 1.71 bits per heavy atom. The molecule has 0 radical (unpaired) electrons. The van der Waals surface area contributed by atoms with Gasteiger partial charge in [0.1, 0.15) is 0 Å². The molecular formula is C13H25Br. The van der Waals surface area contributed by atoms with E-state index in [2.05, 4.69) is 41.9 Å². The lowest BCUT2D eigenvalue weighted by atomic mass is 10.0. The van der Waals surface area contributed by atoms with Crippen LogP contribution in [0, 0.1) is 5.92 Å². The van der Waals surface area contributed by atoms with Gasteiger partial charge in [0.25, 0.3) is 0 Å². The molecule has 0 bridgehead atoms. The summed E-state index contributed by atoms with van der Waals surface area (Å²) >= 11 is 3.43. The standard InChI is InChI=1S/C13H25Br/c1-3-13(2)11-9-7-5-4-6-8-10-12-14/h4,6,13H,3,5,7-12H2,1-2H3. The van der Waals surface area contributed by atoms with E-state index in [1.165, 1.54) is 44.9 Å². The van der Waals surface area contributed by atoms with Crippen LogP contribution in [-0.4, -0.2) is 5.33 Å². The number of unbranched alkanes of at least 4 members (excludes halogenated alkanes) is 3. The van der Waals surface area contributed by atoms with E-state index in [0.717, 1.165) is 11.2 Å². The smallest absolute Gasteiger partial charge is 0.00342 e. The molecule has 0 saturated heterocycles. The Morgan fingerprint density at radius 1 is 1.07 bits per heavy atom. The highest BCUT2D eigenvalue weighted by atomic mass is 79.9. The fraction of sp³-hybridized carbons (Fsp3) is 0.846. The van der Waals surface area contributed by atoms with Gasteiger partial charge in [-0.25, -0.2) is 0 Å². The molecule has 1 unspecified atom stereocenters. The van der Waals surface area contributed by atoms with Crippen molar-refractivity contribution < 1.29 is 0 Å². The van der Waals surface area contributed by atoms with Gasteiger partial charge in [0.15, 0.2) is 0 Å². The Balaban J connectivity index is 3.08. The minimum atomic E-state index is 0.923. The van der Waals surface area contributed by atoms with Crippen molar-refractivity contribution in [3.05, 3.63) is 12.2 Å². The second-order valence-corrected chi connectivity index (χ2v) is 4.89. The SMILES string of the molecule is CCC(C)CCCCC=CCCCBr. The van der Waals surface area contributed by atoms with Crippen molar-refractivity contribution in [3.63, 3.8) is 0 Å². The third kappa shape index (κ3) is 10.3. The topological polar surface area (TPSA) is 0 Å². The fourth-order valence-corrected chi connectivity index (χ4v) is 1.71. The van der Waals surface area contributed by atoms with Crippen LogP contribution in [-0.2, 0) is 0 Å². The van der Waals surface area contributed by atoms with Gasteiger partial charge in [-0.1, -0.05) is 61.2 Å². The molecular weight excluding hydrogens is 236 g/mol. The quantitative estimate of drug-likeness (QED) is 0.299. The van der Waals surface area contributed by atoms with Crippen molar-refractivity contribution in [2.45, 2.75) is 58.8 Å². The second-order valence-electron chi connectivity index (χ2n) is 4.10. The maximum Gasteiger partial charge on any atom is 0.00342 e. The summed E-state index contributed by atoms with van der Waals surface area (Å²) in [4.78, 5) is 0. The van der Waals surface area contributed by atoms with Gasteiger partial charge in [0, 0.05) is 5.33 Å². The van der Waals surface area contributed by atoms with Gasteiger partial charge >= 0.3 is 0 Å². The first kappa shape index (κ1) is 14.2. The van der Waals surface area contributed by atoms with Gasteiger partial charge in [-0.2, -0.15) is 0 Å². The van der Waals surface area contributed by atoms with E-state index < -0.39 is 0 Å². The van der Waals surface area contributed by atoms with Gasteiger partial charge in [-0.05, 0) is 31.6 Å². The van der Waals surface area contributed by atoms with Crippen LogP contribution >= 0.6 is 15.9 Å². The highest BCUT2D eigenvalue weighted by Gasteiger charge is 1.96. The van der Waals surface area contributed by atoms with E-state index in [4.69, 9.17) is 0 Å². The van der Waals surface area contributed by atoms with Gasteiger partial charge in [0.05, 0.1) is 0 Å². The molecule has 0 aliphatic rings. The van der Waals surface area contributed by atoms with Gasteiger partial charge in [-0.15, -0.1) is 0 Å². The molecule has 84 valence electrons.